The van der Waals surface area contributed by atoms with E-state index in [-0.39, 0.29) is 5.75 Å². The molecule has 7 heteroatoms. The Bertz CT molecular complexity index is 357. The van der Waals surface area contributed by atoms with Crippen LogP contribution in [0.4, 0.5) is 0 Å². The fourth-order valence-corrected chi connectivity index (χ4v) is 5.82. The first-order valence-corrected chi connectivity index (χ1v) is 7.48. The molecule has 1 aliphatic heterocycles. The van der Waals surface area contributed by atoms with Gasteiger partial charge in [-0.05, 0) is 6.92 Å². The molecule has 0 aromatic heterocycles. The van der Waals surface area contributed by atoms with E-state index in [0.717, 1.165) is 6.26 Å². The highest BCUT2D eigenvalue weighted by molar-refractivity contribution is 8.10. The Morgan fingerprint density at radius 3 is 2.31 bits per heavy atom. The lowest BCUT2D eigenvalue weighted by molar-refractivity contribution is 0.0763. The molecule has 0 saturated carbocycles. The number of sulfone groups is 2. The van der Waals surface area contributed by atoms with Crippen LogP contribution in [0.25, 0.3) is 0 Å². The normalized spacial score (nSPS) is 32.5. The van der Waals surface area contributed by atoms with Gasteiger partial charge in [-0.3, -0.25) is 0 Å². The topological polar surface area (TPSA) is 77.5 Å². The van der Waals surface area contributed by atoms with E-state index >= 15 is 0 Å². The molecule has 5 nitrogen and oxygen atoms in total. The van der Waals surface area contributed by atoms with Crippen molar-refractivity contribution in [3.05, 3.63) is 0 Å². The molecule has 0 radical (unpaired) electrons. The van der Waals surface area contributed by atoms with Crippen molar-refractivity contribution in [1.29, 1.82) is 0 Å². The maximum atomic E-state index is 11.1. The molecule has 1 saturated heterocycles. The van der Waals surface area contributed by atoms with Crippen molar-refractivity contribution in [2.24, 2.45) is 0 Å². The van der Waals surface area contributed by atoms with Crippen molar-refractivity contribution in [3.8, 4) is 0 Å². The first kappa shape index (κ1) is 10.9. The van der Waals surface area contributed by atoms with Crippen LogP contribution in [0.15, 0.2) is 0 Å². The Hall–Kier alpha value is -0.140. The predicted molar refractivity (Wildman–Crippen MR) is 47.8 cm³/mol. The average molecular weight is 228 g/mol. The van der Waals surface area contributed by atoms with Gasteiger partial charge in [0.2, 0.25) is 0 Å². The maximum Gasteiger partial charge on any atom is 0.189 e. The zero-order valence-electron chi connectivity index (χ0n) is 7.43. The van der Waals surface area contributed by atoms with Gasteiger partial charge in [0.05, 0.1) is 5.75 Å². The van der Waals surface area contributed by atoms with Gasteiger partial charge >= 0.3 is 0 Å². The van der Waals surface area contributed by atoms with Crippen molar-refractivity contribution in [1.82, 2.24) is 0 Å². The largest absolute Gasteiger partial charge is 0.375 e. The lowest BCUT2D eigenvalue weighted by Crippen LogP contribution is -2.56. The maximum absolute atomic E-state index is 11.1. The molecule has 78 valence electrons. The molecule has 13 heavy (non-hydrogen) atoms. The van der Waals surface area contributed by atoms with Gasteiger partial charge in [-0.2, -0.15) is 0 Å². The van der Waals surface area contributed by atoms with Gasteiger partial charge in [0.25, 0.3) is 0 Å². The predicted octanol–water partition coefficient (Wildman–Crippen LogP) is -0.809. The SMILES string of the molecule is CCOC1CS(=O)(=O)C1S(C)(=O)=O. The van der Waals surface area contributed by atoms with Crippen LogP contribution in [-0.4, -0.2) is 46.1 Å². The third kappa shape index (κ3) is 2.03. The fourth-order valence-electron chi connectivity index (χ4n) is 1.39. The van der Waals surface area contributed by atoms with Gasteiger partial charge in [0, 0.05) is 12.9 Å². The summed E-state index contributed by atoms with van der Waals surface area (Å²) in [5.74, 6) is -0.182. The summed E-state index contributed by atoms with van der Waals surface area (Å²) in [5, 5.41) is 0. The number of rotatable bonds is 3. The van der Waals surface area contributed by atoms with Gasteiger partial charge in [-0.1, -0.05) is 0 Å². The Labute approximate surface area is 77.9 Å². The minimum Gasteiger partial charge on any atom is -0.375 e. The minimum atomic E-state index is -3.56. The van der Waals surface area contributed by atoms with Crippen molar-refractivity contribution < 1.29 is 21.6 Å². The van der Waals surface area contributed by atoms with E-state index in [4.69, 9.17) is 4.74 Å². The van der Waals surface area contributed by atoms with Crippen molar-refractivity contribution in [3.63, 3.8) is 0 Å². The quantitative estimate of drug-likeness (QED) is 0.631. The molecule has 1 rings (SSSR count). The second-order valence-electron chi connectivity index (χ2n) is 3.02. The van der Waals surface area contributed by atoms with E-state index in [2.05, 4.69) is 0 Å². The summed E-state index contributed by atoms with van der Waals surface area (Å²) >= 11 is 0. The number of hydrogen-bond donors (Lipinski definition) is 0. The Balaban J connectivity index is 2.91. The molecule has 2 atom stereocenters. The summed E-state index contributed by atoms with van der Waals surface area (Å²) in [6.07, 6.45) is 0.241. The van der Waals surface area contributed by atoms with E-state index in [1.807, 2.05) is 0 Å². The van der Waals surface area contributed by atoms with Crippen LogP contribution in [0, 0.1) is 0 Å². The highest BCUT2D eigenvalue weighted by Gasteiger charge is 2.53. The van der Waals surface area contributed by atoms with Gasteiger partial charge in [0.15, 0.2) is 24.3 Å². The molecule has 0 aromatic carbocycles. The summed E-state index contributed by atoms with van der Waals surface area (Å²) in [4.78, 5) is 0. The third-order valence-electron chi connectivity index (χ3n) is 1.86. The monoisotopic (exact) mass is 228 g/mol. The van der Waals surface area contributed by atoms with Gasteiger partial charge in [-0.25, -0.2) is 16.8 Å². The molecule has 0 bridgehead atoms. The van der Waals surface area contributed by atoms with Crippen molar-refractivity contribution in [2.75, 3.05) is 18.6 Å². The van der Waals surface area contributed by atoms with Crippen LogP contribution in [0.5, 0.6) is 0 Å². The van der Waals surface area contributed by atoms with Gasteiger partial charge in [0.1, 0.15) is 6.10 Å². The zero-order valence-corrected chi connectivity index (χ0v) is 9.06. The first-order valence-electron chi connectivity index (χ1n) is 3.81. The van der Waals surface area contributed by atoms with Gasteiger partial charge in [-0.15, -0.1) is 0 Å². The van der Waals surface area contributed by atoms with Crippen LogP contribution >= 0.6 is 0 Å². The van der Waals surface area contributed by atoms with E-state index in [9.17, 15) is 16.8 Å². The number of hydrogen-bond acceptors (Lipinski definition) is 5. The molecule has 2 unspecified atom stereocenters. The highest BCUT2D eigenvalue weighted by Crippen LogP contribution is 2.28. The third-order valence-corrected chi connectivity index (χ3v) is 6.74. The van der Waals surface area contributed by atoms with Crippen LogP contribution < -0.4 is 0 Å². The van der Waals surface area contributed by atoms with Crippen LogP contribution in [0.2, 0.25) is 0 Å². The second kappa shape index (κ2) is 3.21. The van der Waals surface area contributed by atoms with Crippen LogP contribution in [-0.2, 0) is 24.4 Å². The van der Waals surface area contributed by atoms with E-state index < -0.39 is 30.4 Å². The van der Waals surface area contributed by atoms with Crippen LogP contribution in [0.1, 0.15) is 6.92 Å². The van der Waals surface area contributed by atoms with E-state index in [1.54, 1.807) is 6.92 Å². The molecule has 1 aliphatic rings. The molecule has 1 heterocycles. The highest BCUT2D eigenvalue weighted by atomic mass is 32.3. The average Bonchev–Trinajstić information content (AvgIpc) is 1.80. The van der Waals surface area contributed by atoms with Gasteiger partial charge < -0.3 is 4.74 Å². The molecular weight excluding hydrogens is 216 g/mol. The molecule has 0 aliphatic carbocycles. The number of ether oxygens (including phenoxy) is 1. The zero-order chi connectivity index (χ0) is 10.3. The summed E-state index contributed by atoms with van der Waals surface area (Å²) in [6.45, 7) is 2.02. The smallest absolute Gasteiger partial charge is 0.189 e. The lowest BCUT2D eigenvalue weighted by atomic mass is 10.4. The Morgan fingerprint density at radius 2 is 2.00 bits per heavy atom. The molecular formula is C6H12O5S2. The molecule has 0 aromatic rings. The fraction of sp³-hybridized carbons (Fsp3) is 1.00. The summed E-state index contributed by atoms with van der Waals surface area (Å²) in [6, 6.07) is 0. The van der Waals surface area contributed by atoms with Crippen LogP contribution in [0.3, 0.4) is 0 Å². The van der Waals surface area contributed by atoms with E-state index in [0.29, 0.717) is 6.61 Å². The molecule has 0 amide bonds. The Kier molecular flexibility index (Phi) is 2.70. The van der Waals surface area contributed by atoms with Crippen molar-refractivity contribution in [2.45, 2.75) is 17.6 Å². The van der Waals surface area contributed by atoms with Crippen molar-refractivity contribution >= 4 is 19.7 Å². The minimum absolute atomic E-state index is 0.182. The Morgan fingerprint density at radius 1 is 1.46 bits per heavy atom. The summed E-state index contributed by atoms with van der Waals surface area (Å²) in [7, 11) is -7.02. The first-order chi connectivity index (χ1) is 5.79. The summed E-state index contributed by atoms with van der Waals surface area (Å²) < 4.78 is 47.9. The molecule has 0 spiro atoms. The summed E-state index contributed by atoms with van der Waals surface area (Å²) in [5.41, 5.74) is 0. The molecule has 1 fully saturated rings. The molecule has 0 N–H and O–H groups in total. The standard InChI is InChI=1S/C6H12O5S2/c1-3-11-5-4-13(9,10)6(5)12(2,7)8/h5-6H,3-4H2,1-2H3. The lowest BCUT2D eigenvalue weighted by Gasteiger charge is -2.33. The van der Waals surface area contributed by atoms with E-state index in [1.165, 1.54) is 0 Å². The second-order valence-corrected chi connectivity index (χ2v) is 7.65.